The Morgan fingerprint density at radius 2 is 1.54 bits per heavy atom. The summed E-state index contributed by atoms with van der Waals surface area (Å²) < 4.78 is 0. The number of hydroxylamine groups is 1. The lowest BCUT2D eigenvalue weighted by atomic mass is 9.91. The van der Waals surface area contributed by atoms with Gasteiger partial charge in [0.05, 0.1) is 5.92 Å². The number of rotatable bonds is 8. The minimum absolute atomic E-state index is 0.0818. The maximum absolute atomic E-state index is 11.9. The molecule has 0 spiro atoms. The number of aliphatic hydroxyl groups is 1. The van der Waals surface area contributed by atoms with E-state index in [1.165, 1.54) is 0 Å². The van der Waals surface area contributed by atoms with Crippen LogP contribution >= 0.6 is 0 Å². The first-order valence-electron chi connectivity index (χ1n) is 8.58. The highest BCUT2D eigenvalue weighted by Crippen LogP contribution is 2.26. The van der Waals surface area contributed by atoms with Gasteiger partial charge in [0.1, 0.15) is 0 Å². The number of hydrogen-bond acceptors (Lipinski definition) is 4. The van der Waals surface area contributed by atoms with Crippen LogP contribution in [0.5, 0.6) is 0 Å². The molecule has 1 atom stereocenters. The highest BCUT2D eigenvalue weighted by molar-refractivity contribution is 5.94. The van der Waals surface area contributed by atoms with Crippen molar-refractivity contribution in [2.45, 2.75) is 25.2 Å². The fraction of sp³-hybridized carbons (Fsp3) is 0.300. The van der Waals surface area contributed by atoms with Gasteiger partial charge in [0.25, 0.3) is 11.8 Å². The van der Waals surface area contributed by atoms with Crippen LogP contribution < -0.4 is 10.8 Å². The Bertz CT molecular complexity index is 726. The van der Waals surface area contributed by atoms with E-state index >= 15 is 0 Å². The minimum Gasteiger partial charge on any atom is -0.396 e. The predicted molar refractivity (Wildman–Crippen MR) is 98.9 cm³/mol. The summed E-state index contributed by atoms with van der Waals surface area (Å²) in [6.45, 7) is 0.0818. The molecule has 6 nitrogen and oxygen atoms in total. The zero-order valence-corrected chi connectivity index (χ0v) is 14.7. The van der Waals surface area contributed by atoms with E-state index in [0.29, 0.717) is 24.8 Å². The summed E-state index contributed by atoms with van der Waals surface area (Å²) in [5, 5.41) is 20.5. The van der Waals surface area contributed by atoms with Crippen LogP contribution in [-0.4, -0.2) is 35.8 Å². The highest BCUT2D eigenvalue weighted by Gasteiger charge is 2.19. The number of carbonyl (C=O) groups excluding carboxylic acids is 2. The normalized spacial score (nSPS) is 11.7. The van der Waals surface area contributed by atoms with Crippen molar-refractivity contribution >= 4 is 11.8 Å². The molecule has 0 unspecified atom stereocenters. The first-order chi connectivity index (χ1) is 12.6. The number of carbonyl (C=O) groups is 2. The molecule has 0 saturated carbocycles. The van der Waals surface area contributed by atoms with Crippen LogP contribution in [0.25, 0.3) is 11.1 Å². The van der Waals surface area contributed by atoms with Crippen molar-refractivity contribution in [2.24, 2.45) is 0 Å². The van der Waals surface area contributed by atoms with Crippen LogP contribution in [0.4, 0.5) is 0 Å². The van der Waals surface area contributed by atoms with Gasteiger partial charge < -0.3 is 10.4 Å². The summed E-state index contributed by atoms with van der Waals surface area (Å²) in [5.74, 6) is -1.05. The van der Waals surface area contributed by atoms with Gasteiger partial charge in [-0.3, -0.25) is 14.8 Å². The summed E-state index contributed by atoms with van der Waals surface area (Å²) in [4.78, 5) is 23.5. The molecule has 2 rings (SSSR count). The molecule has 0 radical (unpaired) electrons. The zero-order chi connectivity index (χ0) is 18.9. The van der Waals surface area contributed by atoms with Crippen LogP contribution in [-0.2, 0) is 4.79 Å². The van der Waals surface area contributed by atoms with Gasteiger partial charge in [0, 0.05) is 19.2 Å². The third-order valence-corrected chi connectivity index (χ3v) is 4.35. The molecule has 6 heteroatoms. The van der Waals surface area contributed by atoms with Crippen molar-refractivity contribution < 1.29 is 19.9 Å². The van der Waals surface area contributed by atoms with E-state index in [4.69, 9.17) is 10.3 Å². The van der Waals surface area contributed by atoms with Crippen LogP contribution in [0.2, 0.25) is 0 Å². The molecule has 138 valence electrons. The second-order valence-electron chi connectivity index (χ2n) is 6.03. The number of aliphatic hydroxyl groups excluding tert-OH is 1. The molecule has 0 aliphatic carbocycles. The van der Waals surface area contributed by atoms with Crippen molar-refractivity contribution in [2.75, 3.05) is 13.7 Å². The van der Waals surface area contributed by atoms with E-state index in [9.17, 15) is 9.59 Å². The van der Waals surface area contributed by atoms with Crippen LogP contribution in [0.15, 0.2) is 48.5 Å². The molecule has 2 aromatic carbocycles. The summed E-state index contributed by atoms with van der Waals surface area (Å²) in [6.07, 6.45) is 1.86. The van der Waals surface area contributed by atoms with Gasteiger partial charge in [-0.1, -0.05) is 42.8 Å². The molecule has 26 heavy (non-hydrogen) atoms. The molecule has 0 aromatic heterocycles. The van der Waals surface area contributed by atoms with Crippen molar-refractivity contribution in [3.05, 3.63) is 59.7 Å². The summed E-state index contributed by atoms with van der Waals surface area (Å²) in [5.41, 5.74) is 5.05. The smallest absolute Gasteiger partial charge is 0.251 e. The van der Waals surface area contributed by atoms with E-state index < -0.39 is 11.8 Å². The van der Waals surface area contributed by atoms with Crippen LogP contribution in [0, 0.1) is 0 Å². The minimum atomic E-state index is -0.462. The van der Waals surface area contributed by atoms with Gasteiger partial charge in [-0.15, -0.1) is 0 Å². The summed E-state index contributed by atoms with van der Waals surface area (Å²) >= 11 is 0. The Hall–Kier alpha value is -2.70. The molecule has 0 saturated heterocycles. The van der Waals surface area contributed by atoms with Gasteiger partial charge in [-0.05, 0) is 41.7 Å². The van der Waals surface area contributed by atoms with E-state index in [1.807, 2.05) is 36.4 Å². The Kier molecular flexibility index (Phi) is 7.32. The Balaban J connectivity index is 2.17. The van der Waals surface area contributed by atoms with Crippen LogP contribution in [0.3, 0.4) is 0 Å². The highest BCUT2D eigenvalue weighted by atomic mass is 16.5. The third kappa shape index (κ3) is 4.91. The van der Waals surface area contributed by atoms with Crippen molar-refractivity contribution in [3.63, 3.8) is 0 Å². The summed E-state index contributed by atoms with van der Waals surface area (Å²) in [6, 6.07) is 14.8. The van der Waals surface area contributed by atoms with E-state index in [2.05, 4.69) is 5.32 Å². The lowest BCUT2D eigenvalue weighted by Crippen LogP contribution is -2.26. The number of benzene rings is 2. The van der Waals surface area contributed by atoms with Crippen LogP contribution in [0.1, 0.15) is 41.1 Å². The number of amides is 2. The first-order valence-corrected chi connectivity index (χ1v) is 8.58. The molecule has 0 heterocycles. The molecule has 0 fully saturated rings. The van der Waals surface area contributed by atoms with Crippen molar-refractivity contribution in [1.82, 2.24) is 10.8 Å². The molecule has 2 amide bonds. The fourth-order valence-electron chi connectivity index (χ4n) is 2.85. The Morgan fingerprint density at radius 1 is 0.962 bits per heavy atom. The maximum Gasteiger partial charge on any atom is 0.251 e. The van der Waals surface area contributed by atoms with Gasteiger partial charge >= 0.3 is 0 Å². The second-order valence-corrected chi connectivity index (χ2v) is 6.03. The predicted octanol–water partition coefficient (Wildman–Crippen LogP) is 2.46. The number of hydrogen-bond donors (Lipinski definition) is 4. The zero-order valence-electron chi connectivity index (χ0n) is 14.7. The van der Waals surface area contributed by atoms with E-state index in [1.54, 1.807) is 24.7 Å². The average Bonchev–Trinajstić information content (AvgIpc) is 2.70. The monoisotopic (exact) mass is 356 g/mol. The standard InChI is InChI=1S/C20H24N2O4/c1-21-19(24)17-11-7-15(8-12-17)14-5-9-16(10-6-14)18(20(25)22-26)4-2-3-13-23/h5-12,18,23,26H,2-4,13H2,1H3,(H,21,24)(H,22,25)/t18-/m1/s1. The lowest BCUT2D eigenvalue weighted by Gasteiger charge is -2.15. The molecular formula is C20H24N2O4. The molecule has 0 aliphatic heterocycles. The molecular weight excluding hydrogens is 332 g/mol. The molecule has 4 N–H and O–H groups in total. The van der Waals surface area contributed by atoms with E-state index in [-0.39, 0.29) is 12.5 Å². The third-order valence-electron chi connectivity index (χ3n) is 4.35. The lowest BCUT2D eigenvalue weighted by molar-refractivity contribution is -0.131. The number of nitrogens with one attached hydrogen (secondary N) is 2. The van der Waals surface area contributed by atoms with Gasteiger partial charge in [-0.25, -0.2) is 5.48 Å². The second kappa shape index (κ2) is 9.70. The average molecular weight is 356 g/mol. The Labute approximate surface area is 152 Å². The van der Waals surface area contributed by atoms with Gasteiger partial charge in [-0.2, -0.15) is 0 Å². The first kappa shape index (κ1) is 19.6. The largest absolute Gasteiger partial charge is 0.396 e. The number of unbranched alkanes of at least 4 members (excludes halogenated alkanes) is 1. The van der Waals surface area contributed by atoms with Gasteiger partial charge in [0.15, 0.2) is 0 Å². The van der Waals surface area contributed by atoms with E-state index in [0.717, 1.165) is 16.7 Å². The molecule has 0 aliphatic rings. The molecule has 2 aromatic rings. The summed E-state index contributed by atoms with van der Waals surface area (Å²) in [7, 11) is 1.59. The van der Waals surface area contributed by atoms with Gasteiger partial charge in [0.2, 0.25) is 0 Å². The van der Waals surface area contributed by atoms with Crippen molar-refractivity contribution in [1.29, 1.82) is 0 Å². The topological polar surface area (TPSA) is 98.7 Å². The fourth-order valence-corrected chi connectivity index (χ4v) is 2.85. The Morgan fingerprint density at radius 3 is 2.04 bits per heavy atom. The quantitative estimate of drug-likeness (QED) is 0.332. The van der Waals surface area contributed by atoms with Crippen molar-refractivity contribution in [3.8, 4) is 11.1 Å². The SMILES string of the molecule is CNC(=O)c1ccc(-c2ccc([C@@H](CCCCO)C(=O)NO)cc2)cc1. The maximum atomic E-state index is 11.9. The molecule has 0 bridgehead atoms.